The lowest BCUT2D eigenvalue weighted by molar-refractivity contribution is 0.239. The van der Waals surface area contributed by atoms with Crippen LogP contribution in [0.25, 0.3) is 11.4 Å². The number of carbonyl (C=O) groups is 1. The third kappa shape index (κ3) is 4.64. The van der Waals surface area contributed by atoms with E-state index < -0.39 is 11.8 Å². The van der Waals surface area contributed by atoms with Gasteiger partial charge >= 0.3 is 6.03 Å². The molecule has 0 saturated heterocycles. The Balaban J connectivity index is 1.36. The first kappa shape index (κ1) is 21.2. The molecule has 0 fully saturated rings. The van der Waals surface area contributed by atoms with Gasteiger partial charge in [0.15, 0.2) is 11.6 Å². The van der Waals surface area contributed by atoms with E-state index in [0.717, 1.165) is 0 Å². The Morgan fingerprint density at radius 1 is 1.00 bits per heavy atom. The first-order chi connectivity index (χ1) is 15.5. The molecule has 0 spiro atoms. The summed E-state index contributed by atoms with van der Waals surface area (Å²) in [4.78, 5) is 24.7. The van der Waals surface area contributed by atoms with E-state index in [1.165, 1.54) is 36.6 Å². The third-order valence-corrected chi connectivity index (χ3v) is 4.68. The Hall–Kier alpha value is -4.06. The summed E-state index contributed by atoms with van der Waals surface area (Å²) in [5.41, 5.74) is 1.10. The molecule has 13 heteroatoms. The van der Waals surface area contributed by atoms with Crippen molar-refractivity contribution >= 4 is 17.6 Å². The van der Waals surface area contributed by atoms with Crippen LogP contribution in [0, 0.1) is 5.82 Å². The molecule has 0 aliphatic rings. The van der Waals surface area contributed by atoms with Gasteiger partial charge < -0.3 is 15.4 Å². The van der Waals surface area contributed by atoms with Gasteiger partial charge in [-0.15, -0.1) is 0 Å². The van der Waals surface area contributed by atoms with Gasteiger partial charge in [0.05, 0.1) is 42.8 Å². The maximum Gasteiger partial charge on any atom is 0.315 e. The van der Waals surface area contributed by atoms with Crippen LogP contribution < -0.4 is 15.4 Å². The normalized spacial score (nSPS) is 10.7. The number of methoxy groups -OCH3 is 1. The highest BCUT2D eigenvalue weighted by atomic mass is 35.5. The van der Waals surface area contributed by atoms with E-state index in [0.29, 0.717) is 28.9 Å². The van der Waals surface area contributed by atoms with Crippen LogP contribution in [0.3, 0.4) is 0 Å². The van der Waals surface area contributed by atoms with E-state index in [1.807, 2.05) is 0 Å². The number of pyridine rings is 1. The van der Waals surface area contributed by atoms with Gasteiger partial charge in [0.25, 0.3) is 0 Å². The molecule has 2 N–H and O–H groups in total. The average Bonchev–Trinajstić information content (AvgIpc) is 3.47. The van der Waals surface area contributed by atoms with Gasteiger partial charge in [0.2, 0.25) is 5.88 Å². The van der Waals surface area contributed by atoms with Crippen LogP contribution in [0.1, 0.15) is 11.6 Å². The molecule has 3 heterocycles. The molecule has 0 bridgehead atoms. The fourth-order valence-electron chi connectivity index (χ4n) is 2.82. The number of ether oxygens (including phenoxy) is 1. The molecule has 1 aromatic carbocycles. The fourth-order valence-corrected chi connectivity index (χ4v) is 2.94. The van der Waals surface area contributed by atoms with E-state index >= 15 is 0 Å². The monoisotopic (exact) mass is 457 g/mol. The van der Waals surface area contributed by atoms with Gasteiger partial charge in [-0.3, -0.25) is 0 Å². The van der Waals surface area contributed by atoms with Crippen molar-refractivity contribution in [3.63, 3.8) is 0 Å². The van der Waals surface area contributed by atoms with Gasteiger partial charge in [-0.25, -0.2) is 33.5 Å². The maximum atomic E-state index is 13.7. The number of nitrogens with one attached hydrogen (secondary N) is 2. The van der Waals surface area contributed by atoms with Crippen LogP contribution >= 0.6 is 11.6 Å². The molecule has 0 aliphatic carbocycles. The van der Waals surface area contributed by atoms with Gasteiger partial charge in [-0.2, -0.15) is 10.2 Å². The number of nitrogens with zero attached hydrogens (tertiary/aromatic N) is 7. The lowest BCUT2D eigenvalue weighted by atomic mass is 10.3. The van der Waals surface area contributed by atoms with Crippen molar-refractivity contribution in [1.82, 2.24) is 45.1 Å². The summed E-state index contributed by atoms with van der Waals surface area (Å²) in [7, 11) is 1.53. The maximum absolute atomic E-state index is 13.7. The van der Waals surface area contributed by atoms with Crippen molar-refractivity contribution < 1.29 is 13.9 Å². The summed E-state index contributed by atoms with van der Waals surface area (Å²) in [5.74, 6) is 0.816. The molecule has 0 aliphatic heterocycles. The number of carbonyl (C=O) groups excluding carboxylic acids is 1. The third-order valence-electron chi connectivity index (χ3n) is 4.37. The minimum Gasteiger partial charge on any atom is -0.481 e. The Morgan fingerprint density at radius 3 is 2.19 bits per heavy atom. The van der Waals surface area contributed by atoms with E-state index in [-0.39, 0.29) is 18.1 Å². The average molecular weight is 458 g/mol. The van der Waals surface area contributed by atoms with Crippen LogP contribution in [-0.4, -0.2) is 47.7 Å². The van der Waals surface area contributed by atoms with E-state index in [9.17, 15) is 9.18 Å². The highest BCUT2D eigenvalue weighted by Gasteiger charge is 2.12. The second-order valence-electron chi connectivity index (χ2n) is 6.37. The summed E-state index contributed by atoms with van der Waals surface area (Å²) in [5, 5.41) is 13.6. The Labute approximate surface area is 186 Å². The molecule has 0 atom stereocenters. The lowest BCUT2D eigenvalue weighted by Crippen LogP contribution is -2.36. The number of halogens is 2. The van der Waals surface area contributed by atoms with Crippen LogP contribution in [0.4, 0.5) is 9.18 Å². The summed E-state index contributed by atoms with van der Waals surface area (Å²) in [6, 6.07) is 7.28. The van der Waals surface area contributed by atoms with E-state index in [1.54, 1.807) is 29.1 Å². The number of benzene rings is 1. The van der Waals surface area contributed by atoms with Crippen molar-refractivity contribution in [1.29, 1.82) is 0 Å². The standard InChI is InChI=1S/C19H17ClFN9O2/c1-32-18-5-3-13(7-22-18)30-17(26-11-28-30)9-24-19(31)23-8-16-25-10-27-29(16)12-2-4-14(20)15(21)6-12/h2-7,10-11H,8-9H2,1H3,(H2,23,24,31). The Morgan fingerprint density at radius 2 is 1.62 bits per heavy atom. The topological polar surface area (TPSA) is 125 Å². The first-order valence-electron chi connectivity index (χ1n) is 9.30. The van der Waals surface area contributed by atoms with Gasteiger partial charge in [-0.1, -0.05) is 11.6 Å². The van der Waals surface area contributed by atoms with Gasteiger partial charge in [0, 0.05) is 12.1 Å². The SMILES string of the molecule is COc1ccc(-n2ncnc2CNC(=O)NCc2ncnn2-c2ccc(Cl)c(F)c2)cn1. The number of hydrogen-bond acceptors (Lipinski definition) is 7. The molecule has 4 rings (SSSR count). The van der Waals surface area contributed by atoms with Crippen molar-refractivity contribution in [3.05, 3.63) is 71.7 Å². The molecule has 4 aromatic rings. The number of urea groups is 1. The molecule has 11 nitrogen and oxygen atoms in total. The molecule has 32 heavy (non-hydrogen) atoms. The van der Waals surface area contributed by atoms with Crippen molar-refractivity contribution in [2.75, 3.05) is 7.11 Å². The van der Waals surface area contributed by atoms with Gasteiger partial charge in [-0.05, 0) is 18.2 Å². The number of aromatic nitrogens is 7. The van der Waals surface area contributed by atoms with Crippen LogP contribution in [0.15, 0.2) is 49.2 Å². The number of hydrogen-bond donors (Lipinski definition) is 2. The minimum absolute atomic E-state index is 0.00573. The summed E-state index contributed by atoms with van der Waals surface area (Å²) in [6.07, 6.45) is 4.28. The number of rotatable bonds is 7. The quantitative estimate of drug-likeness (QED) is 0.435. The molecular formula is C19H17ClFN9O2. The zero-order chi connectivity index (χ0) is 22.5. The highest BCUT2D eigenvalue weighted by molar-refractivity contribution is 6.30. The minimum atomic E-state index is -0.576. The Kier molecular flexibility index (Phi) is 6.22. The predicted octanol–water partition coefficient (Wildman–Crippen LogP) is 2.04. The fraction of sp³-hybridized carbons (Fsp3) is 0.158. The van der Waals surface area contributed by atoms with Crippen LogP contribution in [-0.2, 0) is 13.1 Å². The smallest absolute Gasteiger partial charge is 0.315 e. The summed E-state index contributed by atoms with van der Waals surface area (Å²) >= 11 is 5.72. The van der Waals surface area contributed by atoms with E-state index in [4.69, 9.17) is 16.3 Å². The van der Waals surface area contributed by atoms with Gasteiger partial charge in [0.1, 0.15) is 18.5 Å². The molecule has 0 unspecified atom stereocenters. The molecule has 164 valence electrons. The van der Waals surface area contributed by atoms with Crippen molar-refractivity contribution in [2.24, 2.45) is 0 Å². The first-order valence-corrected chi connectivity index (χ1v) is 9.68. The van der Waals surface area contributed by atoms with Crippen molar-refractivity contribution in [3.8, 4) is 17.3 Å². The van der Waals surface area contributed by atoms with Crippen molar-refractivity contribution in [2.45, 2.75) is 13.1 Å². The Bertz CT molecular complexity index is 1230. The predicted molar refractivity (Wildman–Crippen MR) is 111 cm³/mol. The molecule has 3 aromatic heterocycles. The summed E-state index contributed by atoms with van der Waals surface area (Å²) < 4.78 is 21.8. The summed E-state index contributed by atoms with van der Waals surface area (Å²) in [6.45, 7) is 0.179. The number of amides is 2. The molecule has 0 saturated carbocycles. The zero-order valence-corrected chi connectivity index (χ0v) is 17.5. The van der Waals surface area contributed by atoms with Crippen LogP contribution in [0.5, 0.6) is 5.88 Å². The highest BCUT2D eigenvalue weighted by Crippen LogP contribution is 2.18. The zero-order valence-electron chi connectivity index (χ0n) is 16.7. The molecule has 0 radical (unpaired) electrons. The lowest BCUT2D eigenvalue weighted by Gasteiger charge is -2.10. The van der Waals surface area contributed by atoms with E-state index in [2.05, 4.69) is 35.8 Å². The molecule has 2 amide bonds. The largest absolute Gasteiger partial charge is 0.481 e. The second-order valence-corrected chi connectivity index (χ2v) is 6.78. The molecular weight excluding hydrogens is 441 g/mol. The second kappa shape index (κ2) is 9.39. The van der Waals surface area contributed by atoms with Crippen LogP contribution in [0.2, 0.25) is 5.02 Å².